The summed E-state index contributed by atoms with van der Waals surface area (Å²) in [5, 5.41) is 5.97. The maximum Gasteiger partial charge on any atom is 0.0758 e. The third-order valence-electron chi connectivity index (χ3n) is 1.95. The van der Waals surface area contributed by atoms with E-state index in [4.69, 9.17) is 20.9 Å². The maximum atomic E-state index is 6.01. The van der Waals surface area contributed by atoms with Crippen molar-refractivity contribution >= 4 is 23.8 Å². The molecule has 2 nitrogen and oxygen atoms in total. The Balaban J connectivity index is 2.21. The molecule has 0 unspecified atom stereocenters. The molecule has 0 aromatic heterocycles. The lowest BCUT2D eigenvalue weighted by molar-refractivity contribution is 0.359. The predicted octanol–water partition coefficient (Wildman–Crippen LogP) is 3.20. The summed E-state index contributed by atoms with van der Waals surface area (Å²) in [6.45, 7) is 0.700. The molecule has 1 rings (SSSR count). The van der Waals surface area contributed by atoms with Crippen LogP contribution in [0.25, 0.3) is 0 Å². The Labute approximate surface area is 94.1 Å². The molecule has 1 aromatic rings. The molecular formula is C10H14ClNOS. The van der Waals surface area contributed by atoms with Gasteiger partial charge in [0.2, 0.25) is 0 Å². The minimum atomic E-state index is 0.700. The summed E-state index contributed by atoms with van der Waals surface area (Å²) in [5.41, 5.74) is 1.20. The summed E-state index contributed by atoms with van der Waals surface area (Å²) in [6.07, 6.45) is 3.08. The SMILES string of the molecule is NSOCCCCc1ccccc1Cl. The first-order valence-electron chi connectivity index (χ1n) is 4.56. The van der Waals surface area contributed by atoms with Crippen molar-refractivity contribution in [2.45, 2.75) is 19.3 Å². The second kappa shape index (κ2) is 7.12. The van der Waals surface area contributed by atoms with Gasteiger partial charge in [-0.1, -0.05) is 29.8 Å². The summed E-state index contributed by atoms with van der Waals surface area (Å²) in [4.78, 5) is 0. The van der Waals surface area contributed by atoms with Crippen LogP contribution in [0.15, 0.2) is 24.3 Å². The molecule has 0 atom stereocenters. The summed E-state index contributed by atoms with van der Waals surface area (Å²) >= 11 is 6.93. The fourth-order valence-electron chi connectivity index (χ4n) is 1.23. The van der Waals surface area contributed by atoms with Gasteiger partial charge in [0, 0.05) is 5.02 Å². The molecule has 0 saturated carbocycles. The van der Waals surface area contributed by atoms with Crippen molar-refractivity contribution in [2.75, 3.05) is 6.61 Å². The average molecular weight is 232 g/mol. The van der Waals surface area contributed by atoms with E-state index in [9.17, 15) is 0 Å². The molecule has 0 aliphatic rings. The van der Waals surface area contributed by atoms with Gasteiger partial charge in [-0.15, -0.1) is 0 Å². The quantitative estimate of drug-likeness (QED) is 0.464. The number of benzene rings is 1. The van der Waals surface area contributed by atoms with Crippen LogP contribution < -0.4 is 5.14 Å². The topological polar surface area (TPSA) is 35.2 Å². The molecule has 1 aromatic carbocycles. The van der Waals surface area contributed by atoms with Crippen molar-refractivity contribution in [3.05, 3.63) is 34.9 Å². The Morgan fingerprint density at radius 2 is 2.07 bits per heavy atom. The Hall–Kier alpha value is -0.220. The molecule has 0 heterocycles. The number of hydrogen-bond donors (Lipinski definition) is 1. The van der Waals surface area contributed by atoms with E-state index < -0.39 is 0 Å². The Bertz CT molecular complexity index is 270. The average Bonchev–Trinajstić information content (AvgIpc) is 2.20. The Morgan fingerprint density at radius 1 is 1.29 bits per heavy atom. The van der Waals surface area contributed by atoms with Crippen molar-refractivity contribution in [3.8, 4) is 0 Å². The number of aryl methyl sites for hydroxylation is 1. The standard InChI is InChI=1S/C10H14ClNOS/c11-10-7-2-1-5-9(10)6-3-4-8-13-14-12/h1-2,5,7H,3-4,6,8,12H2. The van der Waals surface area contributed by atoms with Gasteiger partial charge < -0.3 is 4.18 Å². The lowest BCUT2D eigenvalue weighted by Crippen LogP contribution is -1.93. The van der Waals surface area contributed by atoms with Crippen molar-refractivity contribution in [2.24, 2.45) is 5.14 Å². The third-order valence-corrected chi connectivity index (χ3v) is 2.62. The number of hydrogen-bond acceptors (Lipinski definition) is 3. The summed E-state index contributed by atoms with van der Waals surface area (Å²) in [5.74, 6) is 0. The Morgan fingerprint density at radius 3 is 2.79 bits per heavy atom. The molecule has 0 radical (unpaired) electrons. The van der Waals surface area contributed by atoms with Crippen molar-refractivity contribution < 1.29 is 4.18 Å². The smallest absolute Gasteiger partial charge is 0.0758 e. The highest BCUT2D eigenvalue weighted by Gasteiger charge is 1.98. The molecule has 2 N–H and O–H groups in total. The van der Waals surface area contributed by atoms with E-state index in [1.54, 1.807) is 0 Å². The molecule has 0 aliphatic heterocycles. The van der Waals surface area contributed by atoms with Crippen LogP contribution in [0.2, 0.25) is 5.02 Å². The van der Waals surface area contributed by atoms with Gasteiger partial charge >= 0.3 is 0 Å². The van der Waals surface area contributed by atoms with Crippen LogP contribution in [0.1, 0.15) is 18.4 Å². The van der Waals surface area contributed by atoms with Crippen LogP contribution >= 0.6 is 23.8 Å². The monoisotopic (exact) mass is 231 g/mol. The van der Waals surface area contributed by atoms with E-state index in [-0.39, 0.29) is 0 Å². The van der Waals surface area contributed by atoms with E-state index in [2.05, 4.69) is 6.07 Å². The van der Waals surface area contributed by atoms with Crippen LogP contribution in [0.4, 0.5) is 0 Å². The Kier molecular flexibility index (Phi) is 6.03. The third kappa shape index (κ3) is 4.33. The van der Waals surface area contributed by atoms with Crippen LogP contribution in [-0.2, 0) is 10.6 Å². The van der Waals surface area contributed by atoms with Gasteiger partial charge in [-0.3, -0.25) is 5.14 Å². The summed E-state index contributed by atoms with van der Waals surface area (Å²) in [6, 6.07) is 7.93. The van der Waals surface area contributed by atoms with E-state index in [0.717, 1.165) is 36.5 Å². The molecule has 0 spiro atoms. The van der Waals surface area contributed by atoms with E-state index in [1.165, 1.54) is 5.56 Å². The summed E-state index contributed by atoms with van der Waals surface area (Å²) < 4.78 is 4.96. The molecule has 0 fully saturated rings. The maximum absolute atomic E-state index is 6.01. The highest BCUT2D eigenvalue weighted by Crippen LogP contribution is 2.17. The van der Waals surface area contributed by atoms with Gasteiger partial charge in [-0.25, -0.2) is 0 Å². The largest absolute Gasteiger partial charge is 0.301 e. The van der Waals surface area contributed by atoms with Gasteiger partial charge in [-0.05, 0) is 30.9 Å². The molecule has 14 heavy (non-hydrogen) atoms. The second-order valence-electron chi connectivity index (χ2n) is 2.97. The van der Waals surface area contributed by atoms with Gasteiger partial charge in [0.15, 0.2) is 0 Å². The molecular weight excluding hydrogens is 218 g/mol. The molecule has 0 bridgehead atoms. The fraction of sp³-hybridized carbons (Fsp3) is 0.400. The predicted molar refractivity (Wildman–Crippen MR) is 62.1 cm³/mol. The number of rotatable bonds is 6. The lowest BCUT2D eigenvalue weighted by atomic mass is 10.1. The summed E-state index contributed by atoms with van der Waals surface area (Å²) in [7, 11) is 0. The number of nitrogens with two attached hydrogens (primary N) is 1. The van der Waals surface area contributed by atoms with E-state index in [1.807, 2.05) is 18.2 Å². The van der Waals surface area contributed by atoms with Crippen LogP contribution in [0.3, 0.4) is 0 Å². The van der Waals surface area contributed by atoms with E-state index >= 15 is 0 Å². The minimum absolute atomic E-state index is 0.700. The van der Waals surface area contributed by atoms with Crippen LogP contribution in [0, 0.1) is 0 Å². The number of halogens is 1. The minimum Gasteiger partial charge on any atom is -0.301 e. The molecule has 4 heteroatoms. The van der Waals surface area contributed by atoms with Gasteiger partial charge in [0.25, 0.3) is 0 Å². The van der Waals surface area contributed by atoms with Crippen molar-refractivity contribution in [1.82, 2.24) is 0 Å². The molecule has 0 saturated heterocycles. The molecule has 0 aliphatic carbocycles. The highest BCUT2D eigenvalue weighted by molar-refractivity contribution is 7.92. The van der Waals surface area contributed by atoms with Gasteiger partial charge in [-0.2, -0.15) is 0 Å². The zero-order valence-corrected chi connectivity index (χ0v) is 9.48. The highest BCUT2D eigenvalue weighted by atomic mass is 35.5. The van der Waals surface area contributed by atoms with Gasteiger partial charge in [0.05, 0.1) is 18.8 Å². The normalized spacial score (nSPS) is 10.4. The number of unbranched alkanes of at least 4 members (excludes halogenated alkanes) is 1. The first-order valence-corrected chi connectivity index (χ1v) is 5.74. The fourth-order valence-corrected chi connectivity index (χ4v) is 1.67. The lowest BCUT2D eigenvalue weighted by Gasteiger charge is -2.03. The van der Waals surface area contributed by atoms with Gasteiger partial charge in [0.1, 0.15) is 0 Å². The van der Waals surface area contributed by atoms with Crippen molar-refractivity contribution in [3.63, 3.8) is 0 Å². The van der Waals surface area contributed by atoms with E-state index in [0.29, 0.717) is 6.61 Å². The van der Waals surface area contributed by atoms with Crippen LogP contribution in [-0.4, -0.2) is 6.61 Å². The van der Waals surface area contributed by atoms with Crippen molar-refractivity contribution in [1.29, 1.82) is 0 Å². The molecule has 78 valence electrons. The molecule has 0 amide bonds. The van der Waals surface area contributed by atoms with Crippen LogP contribution in [0.5, 0.6) is 0 Å². The first kappa shape index (κ1) is 11.9. The zero-order valence-electron chi connectivity index (χ0n) is 7.91. The second-order valence-corrected chi connectivity index (χ2v) is 3.80. The zero-order chi connectivity index (χ0) is 10.2. The first-order chi connectivity index (χ1) is 6.84.